The molecule has 7 nitrogen and oxygen atoms in total. The molecule has 1 saturated heterocycles. The Balaban J connectivity index is 0.00000300. The monoisotopic (exact) mass is 528 g/mol. The fourth-order valence-electron chi connectivity index (χ4n) is 2.94. The lowest BCUT2D eigenvalue weighted by Gasteiger charge is -2.35. The third-order valence-corrected chi connectivity index (χ3v) is 5.76. The van der Waals surface area contributed by atoms with Gasteiger partial charge in [-0.3, -0.25) is 4.79 Å². The van der Waals surface area contributed by atoms with Crippen molar-refractivity contribution in [1.29, 1.82) is 0 Å². The molecule has 1 aromatic heterocycles. The molecule has 0 radical (unpaired) electrons. The van der Waals surface area contributed by atoms with Crippen molar-refractivity contribution in [2.45, 2.75) is 32.9 Å². The Bertz CT molecular complexity index is 788. The van der Waals surface area contributed by atoms with E-state index in [0.717, 1.165) is 43.3 Å². The molecule has 29 heavy (non-hydrogen) atoms. The molecule has 1 aromatic carbocycles. The number of nitrogens with two attached hydrogens (primary N) is 1. The summed E-state index contributed by atoms with van der Waals surface area (Å²) in [4.78, 5) is 25.4. The van der Waals surface area contributed by atoms with Crippen LogP contribution in [0.2, 0.25) is 0 Å². The summed E-state index contributed by atoms with van der Waals surface area (Å²) in [6.45, 7) is 8.02. The molecule has 2 aromatic rings. The van der Waals surface area contributed by atoms with Crippen molar-refractivity contribution in [2.75, 3.05) is 31.1 Å². The summed E-state index contributed by atoms with van der Waals surface area (Å²) >= 11 is 1.66. The van der Waals surface area contributed by atoms with Gasteiger partial charge in [-0.25, -0.2) is 9.98 Å². The fraction of sp³-hybridized carbons (Fsp3) is 0.450. The van der Waals surface area contributed by atoms with Gasteiger partial charge in [-0.1, -0.05) is 19.1 Å². The van der Waals surface area contributed by atoms with Crippen LogP contribution in [0.4, 0.5) is 5.13 Å². The molecule has 1 aliphatic rings. The van der Waals surface area contributed by atoms with Crippen molar-refractivity contribution in [1.82, 2.24) is 15.2 Å². The van der Waals surface area contributed by atoms with Gasteiger partial charge in [0.1, 0.15) is 0 Å². The highest BCUT2D eigenvalue weighted by molar-refractivity contribution is 14.0. The molecule has 1 amide bonds. The van der Waals surface area contributed by atoms with Crippen molar-refractivity contribution in [3.05, 3.63) is 47.0 Å². The van der Waals surface area contributed by atoms with Crippen molar-refractivity contribution < 1.29 is 4.79 Å². The van der Waals surface area contributed by atoms with Crippen LogP contribution in [0, 0.1) is 0 Å². The van der Waals surface area contributed by atoms with Gasteiger partial charge in [-0.05, 0) is 31.0 Å². The van der Waals surface area contributed by atoms with E-state index in [-0.39, 0.29) is 35.9 Å². The van der Waals surface area contributed by atoms with Gasteiger partial charge in [0.05, 0.1) is 6.54 Å². The van der Waals surface area contributed by atoms with Crippen molar-refractivity contribution in [3.63, 3.8) is 0 Å². The Morgan fingerprint density at radius 1 is 1.28 bits per heavy atom. The van der Waals surface area contributed by atoms with Crippen LogP contribution in [-0.4, -0.2) is 54.0 Å². The average Bonchev–Trinajstić information content (AvgIpc) is 3.27. The van der Waals surface area contributed by atoms with Gasteiger partial charge in [0.2, 0.25) is 0 Å². The minimum absolute atomic E-state index is 0. The number of guanidine groups is 1. The highest BCUT2D eigenvalue weighted by atomic mass is 127. The van der Waals surface area contributed by atoms with Gasteiger partial charge in [0, 0.05) is 49.4 Å². The highest BCUT2D eigenvalue weighted by Crippen LogP contribution is 2.18. The number of piperazine rings is 1. The molecular formula is C20H29IN6OS. The fourth-order valence-corrected chi connectivity index (χ4v) is 3.64. The molecule has 1 atom stereocenters. The molecule has 158 valence electrons. The first-order chi connectivity index (χ1) is 13.6. The number of rotatable bonds is 6. The van der Waals surface area contributed by atoms with Crippen molar-refractivity contribution in [2.24, 2.45) is 10.7 Å². The SMILES string of the molecule is CCC(C)NC(=O)c1ccc(CN=C(N)N2CCN(c3nccs3)CC2)cc1.I. The maximum Gasteiger partial charge on any atom is 0.251 e. The van der Waals surface area contributed by atoms with E-state index in [2.05, 4.69) is 32.0 Å². The zero-order valence-electron chi connectivity index (χ0n) is 16.9. The molecule has 1 aliphatic heterocycles. The van der Waals surface area contributed by atoms with Crippen LogP contribution in [0.25, 0.3) is 0 Å². The Morgan fingerprint density at radius 3 is 2.55 bits per heavy atom. The Hall–Kier alpha value is -1.88. The number of halogens is 1. The Labute approximate surface area is 193 Å². The molecule has 0 bridgehead atoms. The molecule has 0 aliphatic carbocycles. The number of nitrogens with zero attached hydrogens (tertiary/aromatic N) is 4. The first-order valence-corrected chi connectivity index (χ1v) is 10.5. The second-order valence-electron chi connectivity index (χ2n) is 6.94. The van der Waals surface area contributed by atoms with E-state index < -0.39 is 0 Å². The molecular weight excluding hydrogens is 499 g/mol. The minimum atomic E-state index is -0.0398. The predicted octanol–water partition coefficient (Wildman–Crippen LogP) is 2.93. The van der Waals surface area contributed by atoms with E-state index in [4.69, 9.17) is 5.73 Å². The molecule has 2 heterocycles. The van der Waals surface area contributed by atoms with E-state index >= 15 is 0 Å². The summed E-state index contributed by atoms with van der Waals surface area (Å²) in [7, 11) is 0. The maximum atomic E-state index is 12.1. The van der Waals surface area contributed by atoms with Gasteiger partial charge in [-0.2, -0.15) is 0 Å². The van der Waals surface area contributed by atoms with E-state index in [9.17, 15) is 4.79 Å². The quantitative estimate of drug-likeness (QED) is 0.342. The minimum Gasteiger partial charge on any atom is -0.370 e. The maximum absolute atomic E-state index is 12.1. The van der Waals surface area contributed by atoms with Gasteiger partial charge >= 0.3 is 0 Å². The van der Waals surface area contributed by atoms with Crippen LogP contribution < -0.4 is 16.0 Å². The van der Waals surface area contributed by atoms with Crippen LogP contribution in [0.1, 0.15) is 36.2 Å². The standard InChI is InChI=1S/C20H28N6OS.HI/c1-3-15(2)24-18(27)17-6-4-16(5-7-17)14-23-19(21)25-9-11-26(12-10-25)20-22-8-13-28-20;/h4-8,13,15H,3,9-12,14H2,1-2H3,(H2,21,23)(H,24,27);1H. The topological polar surface area (TPSA) is 86.8 Å². The normalized spacial score (nSPS) is 15.6. The first-order valence-electron chi connectivity index (χ1n) is 9.66. The van der Waals surface area contributed by atoms with Crippen LogP contribution in [-0.2, 0) is 6.54 Å². The predicted molar refractivity (Wildman–Crippen MR) is 130 cm³/mol. The molecule has 0 spiro atoms. The molecule has 0 saturated carbocycles. The third kappa shape index (κ3) is 6.56. The smallest absolute Gasteiger partial charge is 0.251 e. The molecule has 3 rings (SSSR count). The van der Waals surface area contributed by atoms with Gasteiger partial charge in [-0.15, -0.1) is 35.3 Å². The number of aromatic nitrogens is 1. The lowest BCUT2D eigenvalue weighted by atomic mass is 10.1. The summed E-state index contributed by atoms with van der Waals surface area (Å²) in [6, 6.07) is 7.72. The number of aliphatic imine (C=N–C) groups is 1. The van der Waals surface area contributed by atoms with E-state index in [1.165, 1.54) is 0 Å². The van der Waals surface area contributed by atoms with Crippen LogP contribution in [0.5, 0.6) is 0 Å². The molecule has 9 heteroatoms. The van der Waals surface area contributed by atoms with Gasteiger partial charge in [0.15, 0.2) is 11.1 Å². The number of benzene rings is 1. The lowest BCUT2D eigenvalue weighted by molar-refractivity contribution is 0.0939. The van der Waals surface area contributed by atoms with Crippen LogP contribution in [0.15, 0.2) is 40.8 Å². The number of thiazole rings is 1. The number of nitrogens with one attached hydrogen (secondary N) is 1. The largest absolute Gasteiger partial charge is 0.370 e. The molecule has 1 unspecified atom stereocenters. The highest BCUT2D eigenvalue weighted by Gasteiger charge is 2.19. The lowest BCUT2D eigenvalue weighted by Crippen LogP contribution is -2.51. The van der Waals surface area contributed by atoms with E-state index in [1.54, 1.807) is 11.3 Å². The van der Waals surface area contributed by atoms with Gasteiger partial charge in [0.25, 0.3) is 5.91 Å². The second-order valence-corrected chi connectivity index (χ2v) is 7.82. The second kappa shape index (κ2) is 11.3. The van der Waals surface area contributed by atoms with Crippen LogP contribution in [0.3, 0.4) is 0 Å². The average molecular weight is 528 g/mol. The van der Waals surface area contributed by atoms with Gasteiger partial charge < -0.3 is 20.9 Å². The summed E-state index contributed by atoms with van der Waals surface area (Å²) in [5, 5.41) is 6.03. The number of amides is 1. The number of carbonyl (C=O) groups is 1. The first kappa shape index (κ1) is 23.4. The molecule has 1 fully saturated rings. The van der Waals surface area contributed by atoms with E-state index in [0.29, 0.717) is 18.1 Å². The number of anilines is 1. The van der Waals surface area contributed by atoms with Crippen molar-refractivity contribution >= 4 is 52.3 Å². The zero-order valence-corrected chi connectivity index (χ0v) is 20.0. The zero-order chi connectivity index (χ0) is 19.9. The number of carbonyl (C=O) groups excluding carboxylic acids is 1. The number of hydrogen-bond donors (Lipinski definition) is 2. The van der Waals surface area contributed by atoms with E-state index in [1.807, 2.05) is 42.8 Å². The summed E-state index contributed by atoms with van der Waals surface area (Å²) in [6.07, 6.45) is 2.75. The third-order valence-electron chi connectivity index (χ3n) is 4.92. The summed E-state index contributed by atoms with van der Waals surface area (Å²) in [5.41, 5.74) is 7.89. The molecule has 3 N–H and O–H groups in total. The van der Waals surface area contributed by atoms with Crippen molar-refractivity contribution in [3.8, 4) is 0 Å². The summed E-state index contributed by atoms with van der Waals surface area (Å²) < 4.78 is 0. The Morgan fingerprint density at radius 2 is 1.97 bits per heavy atom. The Kier molecular flexibility index (Phi) is 9.15. The summed E-state index contributed by atoms with van der Waals surface area (Å²) in [5.74, 6) is 0.527. The van der Waals surface area contributed by atoms with Crippen LogP contribution >= 0.6 is 35.3 Å². The number of hydrogen-bond acceptors (Lipinski definition) is 5.